The Balaban J connectivity index is 1.62. The number of benzene rings is 3. The fraction of sp³-hybridized carbons (Fsp3) is 0.188. The summed E-state index contributed by atoms with van der Waals surface area (Å²) in [7, 11) is 0. The summed E-state index contributed by atoms with van der Waals surface area (Å²) >= 11 is 0. The molecule has 0 N–H and O–H groups in total. The first-order chi connectivity index (χ1) is 15.6. The van der Waals surface area contributed by atoms with Crippen LogP contribution in [0, 0.1) is 0 Å². The molecule has 3 aromatic rings. The number of allylic oxidation sites excluding steroid dienone is 4. The van der Waals surface area contributed by atoms with Crippen molar-refractivity contribution in [3.05, 3.63) is 144 Å². The molecule has 0 saturated heterocycles. The second kappa shape index (κ2) is 11.9. The maximum atomic E-state index is 4.48. The molecule has 162 valence electrons. The molecule has 0 spiro atoms. The van der Waals surface area contributed by atoms with E-state index in [9.17, 15) is 0 Å². The van der Waals surface area contributed by atoms with Gasteiger partial charge in [-0.15, -0.1) is 0 Å². The third kappa shape index (κ3) is 6.56. The Morgan fingerprint density at radius 2 is 1.50 bits per heavy atom. The first-order valence-corrected chi connectivity index (χ1v) is 11.5. The second-order valence-electron chi connectivity index (χ2n) is 8.35. The molecule has 3 aromatic carbocycles. The van der Waals surface area contributed by atoms with Gasteiger partial charge in [0.2, 0.25) is 0 Å². The van der Waals surface area contributed by atoms with Gasteiger partial charge in [0.05, 0.1) is 0 Å². The Labute approximate surface area is 194 Å². The summed E-state index contributed by atoms with van der Waals surface area (Å²) in [6.07, 6.45) is 8.21. The molecule has 0 aliphatic heterocycles. The number of aryl methyl sites for hydroxylation is 1. The molecule has 1 unspecified atom stereocenters. The van der Waals surface area contributed by atoms with Crippen molar-refractivity contribution in [1.29, 1.82) is 0 Å². The molecule has 0 saturated carbocycles. The molecule has 0 nitrogen and oxygen atoms in total. The van der Waals surface area contributed by atoms with Crippen LogP contribution in [-0.4, -0.2) is 0 Å². The Bertz CT molecular complexity index is 1070. The number of hydrogen-bond donors (Lipinski definition) is 0. The molecule has 0 radical (unpaired) electrons. The summed E-state index contributed by atoms with van der Waals surface area (Å²) in [5.41, 5.74) is 8.55. The van der Waals surface area contributed by atoms with Crippen LogP contribution >= 0.6 is 0 Å². The quantitative estimate of drug-likeness (QED) is 0.272. The predicted molar refractivity (Wildman–Crippen MR) is 142 cm³/mol. The van der Waals surface area contributed by atoms with Crippen LogP contribution in [0.25, 0.3) is 11.6 Å². The molecule has 0 heteroatoms. The minimum Gasteiger partial charge on any atom is -0.0995 e. The summed E-state index contributed by atoms with van der Waals surface area (Å²) in [5.74, 6) is 0.110. The Morgan fingerprint density at radius 3 is 2.19 bits per heavy atom. The highest BCUT2D eigenvalue weighted by atomic mass is 14.2. The Morgan fingerprint density at radius 1 is 0.812 bits per heavy atom. The third-order valence-electron chi connectivity index (χ3n) is 5.91. The van der Waals surface area contributed by atoms with Crippen LogP contribution in [0.15, 0.2) is 122 Å². The molecule has 0 heterocycles. The van der Waals surface area contributed by atoms with Crippen molar-refractivity contribution in [2.45, 2.75) is 38.5 Å². The SMILES string of the molecule is C=C(CC=Cc1cccc(CC)c1)CCC(=C)C(C(=C)c1ccccc1)c1ccccc1. The lowest BCUT2D eigenvalue weighted by Crippen LogP contribution is -2.05. The normalized spacial score (nSPS) is 11.9. The van der Waals surface area contributed by atoms with Crippen molar-refractivity contribution in [3.8, 4) is 0 Å². The van der Waals surface area contributed by atoms with Crippen LogP contribution in [0.2, 0.25) is 0 Å². The van der Waals surface area contributed by atoms with Crippen molar-refractivity contribution >= 4 is 11.6 Å². The van der Waals surface area contributed by atoms with Crippen molar-refractivity contribution in [2.75, 3.05) is 0 Å². The van der Waals surface area contributed by atoms with Gasteiger partial charge in [-0.1, -0.05) is 135 Å². The fourth-order valence-corrected chi connectivity index (χ4v) is 4.01. The topological polar surface area (TPSA) is 0 Å². The van der Waals surface area contributed by atoms with Crippen LogP contribution in [0.5, 0.6) is 0 Å². The van der Waals surface area contributed by atoms with Gasteiger partial charge in [0.1, 0.15) is 0 Å². The van der Waals surface area contributed by atoms with Crippen LogP contribution in [0.4, 0.5) is 0 Å². The molecule has 0 fully saturated rings. The lowest BCUT2D eigenvalue weighted by molar-refractivity contribution is 0.842. The Hall–Kier alpha value is -3.38. The van der Waals surface area contributed by atoms with E-state index in [1.807, 2.05) is 6.07 Å². The number of rotatable bonds is 11. The largest absolute Gasteiger partial charge is 0.0995 e. The minimum absolute atomic E-state index is 0.110. The van der Waals surface area contributed by atoms with Gasteiger partial charge < -0.3 is 0 Å². The van der Waals surface area contributed by atoms with E-state index in [2.05, 4.69) is 118 Å². The van der Waals surface area contributed by atoms with E-state index in [-0.39, 0.29) is 5.92 Å². The first kappa shape index (κ1) is 23.3. The van der Waals surface area contributed by atoms with Crippen molar-refractivity contribution < 1.29 is 0 Å². The molecule has 1 atom stereocenters. The summed E-state index contributed by atoms with van der Waals surface area (Å²) in [4.78, 5) is 0. The third-order valence-corrected chi connectivity index (χ3v) is 5.91. The first-order valence-electron chi connectivity index (χ1n) is 11.5. The zero-order chi connectivity index (χ0) is 22.8. The zero-order valence-corrected chi connectivity index (χ0v) is 19.3. The molecular formula is C32H34. The lowest BCUT2D eigenvalue weighted by atomic mass is 9.81. The van der Waals surface area contributed by atoms with Crippen molar-refractivity contribution in [1.82, 2.24) is 0 Å². The maximum absolute atomic E-state index is 4.48. The average Bonchev–Trinajstić information content (AvgIpc) is 2.84. The zero-order valence-electron chi connectivity index (χ0n) is 19.3. The molecule has 0 aliphatic carbocycles. The van der Waals surface area contributed by atoms with Gasteiger partial charge in [-0.2, -0.15) is 0 Å². The minimum atomic E-state index is 0.110. The van der Waals surface area contributed by atoms with Crippen LogP contribution < -0.4 is 0 Å². The van der Waals surface area contributed by atoms with Crippen molar-refractivity contribution in [3.63, 3.8) is 0 Å². The van der Waals surface area contributed by atoms with Crippen LogP contribution in [-0.2, 0) is 6.42 Å². The van der Waals surface area contributed by atoms with E-state index in [0.29, 0.717) is 0 Å². The van der Waals surface area contributed by atoms with E-state index in [4.69, 9.17) is 0 Å². The van der Waals surface area contributed by atoms with Crippen LogP contribution in [0.1, 0.15) is 54.4 Å². The van der Waals surface area contributed by atoms with E-state index >= 15 is 0 Å². The van der Waals surface area contributed by atoms with Gasteiger partial charge in [0, 0.05) is 5.92 Å². The summed E-state index contributed by atoms with van der Waals surface area (Å²) in [5, 5.41) is 0. The van der Waals surface area contributed by atoms with E-state index in [1.165, 1.54) is 33.4 Å². The van der Waals surface area contributed by atoms with Crippen molar-refractivity contribution in [2.24, 2.45) is 0 Å². The molecule has 0 amide bonds. The van der Waals surface area contributed by atoms with Gasteiger partial charge in [-0.3, -0.25) is 0 Å². The highest BCUT2D eigenvalue weighted by Crippen LogP contribution is 2.38. The fourth-order valence-electron chi connectivity index (χ4n) is 4.01. The summed E-state index contributed by atoms with van der Waals surface area (Å²) < 4.78 is 0. The van der Waals surface area contributed by atoms with Gasteiger partial charge in [-0.25, -0.2) is 0 Å². The molecule has 32 heavy (non-hydrogen) atoms. The number of hydrogen-bond acceptors (Lipinski definition) is 0. The summed E-state index contributed by atoms with van der Waals surface area (Å²) in [6.45, 7) is 15.4. The standard InChI is InChI=1S/C32H34/c1-5-28-15-13-17-29(24-28)16-12-14-25(2)22-23-26(3)32(31-20-10-7-11-21-31)27(4)30-18-8-6-9-19-30/h6-13,15-21,24,32H,2-5,14,22-23H2,1H3. The molecule has 0 bridgehead atoms. The van der Waals surface area contributed by atoms with Gasteiger partial charge >= 0.3 is 0 Å². The highest BCUT2D eigenvalue weighted by Gasteiger charge is 2.19. The van der Waals surface area contributed by atoms with Gasteiger partial charge in [0.15, 0.2) is 0 Å². The smallest absolute Gasteiger partial charge is 0.0296 e. The predicted octanol–water partition coefficient (Wildman–Crippen LogP) is 9.04. The molecule has 3 rings (SSSR count). The van der Waals surface area contributed by atoms with E-state index < -0.39 is 0 Å². The maximum Gasteiger partial charge on any atom is 0.0296 e. The Kier molecular flexibility index (Phi) is 8.63. The lowest BCUT2D eigenvalue weighted by Gasteiger charge is -2.23. The van der Waals surface area contributed by atoms with Gasteiger partial charge in [-0.05, 0) is 53.5 Å². The summed E-state index contributed by atoms with van der Waals surface area (Å²) in [6, 6.07) is 29.7. The molecule has 0 aliphatic rings. The van der Waals surface area contributed by atoms with Gasteiger partial charge in [0.25, 0.3) is 0 Å². The molecular weight excluding hydrogens is 384 g/mol. The average molecular weight is 419 g/mol. The second-order valence-corrected chi connectivity index (χ2v) is 8.35. The van der Waals surface area contributed by atoms with E-state index in [1.54, 1.807) is 0 Å². The highest BCUT2D eigenvalue weighted by molar-refractivity contribution is 5.72. The van der Waals surface area contributed by atoms with E-state index in [0.717, 1.165) is 31.3 Å². The van der Waals surface area contributed by atoms with Crippen LogP contribution in [0.3, 0.4) is 0 Å². The monoisotopic (exact) mass is 418 g/mol. The molecule has 0 aromatic heterocycles.